The molecule has 0 bridgehead atoms. The zero-order chi connectivity index (χ0) is 19.6. The van der Waals surface area contributed by atoms with E-state index in [-0.39, 0.29) is 29.4 Å². The minimum Gasteiger partial charge on any atom is -0.408 e. The highest BCUT2D eigenvalue weighted by atomic mass is 35.5. The molecule has 1 heterocycles. The minimum atomic E-state index is -3.85. The molecule has 0 fully saturated rings. The third-order valence-corrected chi connectivity index (χ3v) is 5.52. The van der Waals surface area contributed by atoms with E-state index < -0.39 is 15.8 Å². The van der Waals surface area contributed by atoms with E-state index in [1.54, 1.807) is 24.3 Å². The Kier molecular flexibility index (Phi) is 5.36. The number of nitrogens with zero attached hydrogens (tertiary/aromatic N) is 1. The highest BCUT2D eigenvalue weighted by Gasteiger charge is 2.17. The molecular formula is C17H16ClN3O5S. The van der Waals surface area contributed by atoms with Gasteiger partial charge in [-0.2, -0.15) is 0 Å². The van der Waals surface area contributed by atoms with Crippen LogP contribution in [0.25, 0.3) is 11.1 Å². The largest absolute Gasteiger partial charge is 0.419 e. The molecule has 3 rings (SSSR count). The van der Waals surface area contributed by atoms with E-state index in [1.807, 2.05) is 0 Å². The van der Waals surface area contributed by atoms with Crippen molar-refractivity contribution in [1.82, 2.24) is 9.29 Å². The summed E-state index contributed by atoms with van der Waals surface area (Å²) in [5.74, 6) is -0.935. The average molecular weight is 410 g/mol. The molecule has 27 heavy (non-hydrogen) atoms. The van der Waals surface area contributed by atoms with Crippen LogP contribution in [0.2, 0.25) is 5.02 Å². The van der Waals surface area contributed by atoms with Crippen LogP contribution in [-0.4, -0.2) is 25.4 Å². The number of carbonyl (C=O) groups excluding carboxylic acids is 1. The molecule has 0 radical (unpaired) electrons. The molecular weight excluding hydrogens is 394 g/mol. The highest BCUT2D eigenvalue weighted by molar-refractivity contribution is 7.89. The molecule has 0 unspecified atom stereocenters. The second-order valence-corrected chi connectivity index (χ2v) is 7.97. The van der Waals surface area contributed by atoms with Crippen molar-refractivity contribution in [3.63, 3.8) is 0 Å². The number of carbonyl (C=O) groups is 1. The summed E-state index contributed by atoms with van der Waals surface area (Å²) in [5, 5.41) is 3.11. The zero-order valence-electron chi connectivity index (χ0n) is 14.2. The Morgan fingerprint density at radius 2 is 2.00 bits per heavy atom. The van der Waals surface area contributed by atoms with Crippen LogP contribution in [-0.2, 0) is 21.9 Å². The second kappa shape index (κ2) is 7.55. The van der Waals surface area contributed by atoms with Crippen LogP contribution in [0, 0.1) is 0 Å². The second-order valence-electron chi connectivity index (χ2n) is 5.76. The van der Waals surface area contributed by atoms with Gasteiger partial charge in [-0.15, -0.1) is 0 Å². The predicted molar refractivity (Wildman–Crippen MR) is 101 cm³/mol. The van der Waals surface area contributed by atoms with Crippen molar-refractivity contribution in [3.05, 3.63) is 58.0 Å². The van der Waals surface area contributed by atoms with Crippen molar-refractivity contribution in [2.75, 3.05) is 11.9 Å². The van der Waals surface area contributed by atoms with Gasteiger partial charge in [0.05, 0.1) is 10.4 Å². The van der Waals surface area contributed by atoms with Crippen molar-refractivity contribution in [2.24, 2.45) is 7.05 Å². The van der Waals surface area contributed by atoms with Gasteiger partial charge in [0, 0.05) is 36.8 Å². The number of nitrogens with one attached hydrogen (secondary N) is 2. The maximum absolute atomic E-state index is 12.4. The van der Waals surface area contributed by atoms with Gasteiger partial charge in [0.15, 0.2) is 5.58 Å². The van der Waals surface area contributed by atoms with Crippen molar-refractivity contribution in [3.8, 4) is 0 Å². The van der Waals surface area contributed by atoms with E-state index in [0.29, 0.717) is 16.2 Å². The Balaban J connectivity index is 1.63. The Labute approximate surface area is 159 Å². The first-order valence-corrected chi connectivity index (χ1v) is 9.77. The van der Waals surface area contributed by atoms with Gasteiger partial charge in [0.1, 0.15) is 0 Å². The Hall–Kier alpha value is -2.62. The minimum absolute atomic E-state index is 0.0559. The van der Waals surface area contributed by atoms with Gasteiger partial charge in [0.2, 0.25) is 15.9 Å². The van der Waals surface area contributed by atoms with Gasteiger partial charge in [-0.3, -0.25) is 9.36 Å². The topological polar surface area (TPSA) is 110 Å². The number of fused-ring (bicyclic) bond motifs is 1. The van der Waals surface area contributed by atoms with E-state index in [9.17, 15) is 18.0 Å². The van der Waals surface area contributed by atoms with E-state index in [1.165, 1.54) is 29.8 Å². The summed E-state index contributed by atoms with van der Waals surface area (Å²) in [5.41, 5.74) is 1.18. The van der Waals surface area contributed by atoms with Crippen molar-refractivity contribution < 1.29 is 17.6 Å². The number of halogens is 1. The molecule has 1 aromatic heterocycles. The normalized spacial score (nSPS) is 11.6. The molecule has 0 spiro atoms. The lowest BCUT2D eigenvalue weighted by Gasteiger charge is -2.08. The molecule has 0 saturated carbocycles. The summed E-state index contributed by atoms with van der Waals surface area (Å²) < 4.78 is 33.3. The zero-order valence-corrected chi connectivity index (χ0v) is 15.8. The molecule has 3 aromatic rings. The number of hydrogen-bond acceptors (Lipinski definition) is 5. The van der Waals surface area contributed by atoms with Crippen molar-refractivity contribution in [1.29, 1.82) is 0 Å². The number of aryl methyl sites for hydroxylation is 1. The lowest BCUT2D eigenvalue weighted by Crippen LogP contribution is -2.27. The molecule has 0 saturated heterocycles. The molecule has 0 aliphatic rings. The fourth-order valence-corrected chi connectivity index (χ4v) is 3.69. The molecule has 2 N–H and O–H groups in total. The standard InChI is InChI=1S/C17H16ClN3O5S/c1-21-14-6-5-13(10-15(14)26-17(21)23)27(24,25)19-8-7-16(22)20-12-4-2-3-11(18)9-12/h2-6,9-10,19H,7-8H2,1H3,(H,20,22). The van der Waals surface area contributed by atoms with Gasteiger partial charge >= 0.3 is 5.76 Å². The molecule has 0 aliphatic heterocycles. The van der Waals surface area contributed by atoms with Gasteiger partial charge in [-0.25, -0.2) is 17.9 Å². The van der Waals surface area contributed by atoms with E-state index in [4.69, 9.17) is 16.0 Å². The summed E-state index contributed by atoms with van der Waals surface area (Å²) in [6, 6.07) is 10.8. The lowest BCUT2D eigenvalue weighted by molar-refractivity contribution is -0.116. The van der Waals surface area contributed by atoms with Crippen LogP contribution >= 0.6 is 11.6 Å². The van der Waals surface area contributed by atoms with Crippen LogP contribution < -0.4 is 15.8 Å². The number of anilines is 1. The Bertz CT molecular complexity index is 1170. The maximum Gasteiger partial charge on any atom is 0.419 e. The quantitative estimate of drug-likeness (QED) is 0.647. The molecule has 0 atom stereocenters. The first kappa shape index (κ1) is 19.2. The number of sulfonamides is 1. The van der Waals surface area contributed by atoms with Gasteiger partial charge < -0.3 is 9.73 Å². The summed E-state index contributed by atoms with van der Waals surface area (Å²) >= 11 is 5.84. The average Bonchev–Trinajstić information content (AvgIpc) is 2.88. The smallest absolute Gasteiger partial charge is 0.408 e. The van der Waals surface area contributed by atoms with Crippen LogP contribution in [0.4, 0.5) is 5.69 Å². The SMILES string of the molecule is Cn1c(=O)oc2cc(S(=O)(=O)NCCC(=O)Nc3cccc(Cl)c3)ccc21. The molecule has 1 amide bonds. The number of oxazole rings is 1. The first-order chi connectivity index (χ1) is 12.8. The summed E-state index contributed by atoms with van der Waals surface area (Å²) in [7, 11) is -2.33. The lowest BCUT2D eigenvalue weighted by atomic mass is 10.3. The van der Waals surface area contributed by atoms with Gasteiger partial charge in [-0.1, -0.05) is 17.7 Å². The van der Waals surface area contributed by atoms with Crippen molar-refractivity contribution in [2.45, 2.75) is 11.3 Å². The van der Waals surface area contributed by atoms with Crippen LogP contribution in [0.5, 0.6) is 0 Å². The van der Waals surface area contributed by atoms with Crippen LogP contribution in [0.3, 0.4) is 0 Å². The molecule has 0 aliphatic carbocycles. The fraction of sp³-hybridized carbons (Fsp3) is 0.176. The number of rotatable bonds is 6. The fourth-order valence-electron chi connectivity index (χ4n) is 2.45. The van der Waals surface area contributed by atoms with Crippen LogP contribution in [0.1, 0.15) is 6.42 Å². The van der Waals surface area contributed by atoms with Crippen LogP contribution in [0.15, 0.2) is 56.6 Å². The highest BCUT2D eigenvalue weighted by Crippen LogP contribution is 2.18. The molecule has 142 valence electrons. The molecule has 10 heteroatoms. The van der Waals surface area contributed by atoms with E-state index >= 15 is 0 Å². The monoisotopic (exact) mass is 409 g/mol. The van der Waals surface area contributed by atoms with E-state index in [2.05, 4.69) is 10.0 Å². The van der Waals surface area contributed by atoms with Crippen molar-refractivity contribution >= 4 is 44.3 Å². The third-order valence-electron chi connectivity index (χ3n) is 3.83. The number of amides is 1. The maximum atomic E-state index is 12.4. The summed E-state index contributed by atoms with van der Waals surface area (Å²) in [6.07, 6.45) is -0.0611. The Morgan fingerprint density at radius 3 is 2.74 bits per heavy atom. The first-order valence-electron chi connectivity index (χ1n) is 7.91. The molecule has 2 aromatic carbocycles. The van der Waals surface area contributed by atoms with Gasteiger partial charge in [0.25, 0.3) is 0 Å². The Morgan fingerprint density at radius 1 is 1.22 bits per heavy atom. The number of hydrogen-bond donors (Lipinski definition) is 2. The van der Waals surface area contributed by atoms with E-state index in [0.717, 1.165) is 0 Å². The predicted octanol–water partition coefficient (Wildman–Crippen LogP) is 2.09. The van der Waals surface area contributed by atoms with Gasteiger partial charge in [-0.05, 0) is 30.3 Å². The summed E-state index contributed by atoms with van der Waals surface area (Å²) in [4.78, 5) is 23.4. The number of aromatic nitrogens is 1. The molecule has 8 nitrogen and oxygen atoms in total. The summed E-state index contributed by atoms with van der Waals surface area (Å²) in [6.45, 7) is -0.0918. The third kappa shape index (κ3) is 4.38. The number of benzene rings is 2.